The first-order valence-corrected chi connectivity index (χ1v) is 13.5. The second-order valence-corrected chi connectivity index (χ2v) is 10.3. The highest BCUT2D eigenvalue weighted by Gasteiger charge is 2.29. The number of benzene rings is 1. The molecular weight excluding hydrogens is 492 g/mol. The Morgan fingerprint density at radius 2 is 1.92 bits per heavy atom. The van der Waals surface area contributed by atoms with Crippen LogP contribution in [0, 0.1) is 0 Å². The average Bonchev–Trinajstić information content (AvgIpc) is 3.50. The Morgan fingerprint density at radius 3 is 2.51 bits per heavy atom. The third kappa shape index (κ3) is 5.65. The predicted molar refractivity (Wildman–Crippen MR) is 144 cm³/mol. The van der Waals surface area contributed by atoms with Crippen LogP contribution < -0.4 is 15.4 Å². The fourth-order valence-corrected chi connectivity index (χ4v) is 5.36. The molecule has 3 heterocycles. The molecule has 3 amide bonds. The van der Waals surface area contributed by atoms with Gasteiger partial charge in [0.25, 0.3) is 11.8 Å². The van der Waals surface area contributed by atoms with Crippen molar-refractivity contribution < 1.29 is 24.2 Å². The molecule has 0 bridgehead atoms. The molecule has 1 aromatic carbocycles. The quantitative estimate of drug-likeness (QED) is 0.416. The number of hydrogen-bond acceptors (Lipinski definition) is 6. The van der Waals surface area contributed by atoms with Gasteiger partial charge in [-0.15, -0.1) is 0 Å². The lowest BCUT2D eigenvalue weighted by molar-refractivity contribution is -0.135. The maximum atomic E-state index is 13.5. The first-order valence-electron chi connectivity index (χ1n) is 12.6. The van der Waals surface area contributed by atoms with Crippen LogP contribution in [-0.2, 0) is 18.3 Å². The van der Waals surface area contributed by atoms with Crippen LogP contribution in [0.5, 0.6) is 5.75 Å². The highest BCUT2D eigenvalue weighted by atomic mass is 32.1. The summed E-state index contributed by atoms with van der Waals surface area (Å²) in [6, 6.07) is 5.59. The van der Waals surface area contributed by atoms with E-state index in [1.807, 2.05) is 55.3 Å². The van der Waals surface area contributed by atoms with Crippen LogP contribution in [0.15, 0.2) is 29.0 Å². The van der Waals surface area contributed by atoms with Crippen molar-refractivity contribution in [1.82, 2.24) is 14.8 Å². The minimum atomic E-state index is -0.502. The van der Waals surface area contributed by atoms with E-state index in [0.717, 1.165) is 16.5 Å². The zero-order valence-electron chi connectivity index (χ0n) is 21.7. The van der Waals surface area contributed by atoms with Gasteiger partial charge in [0.05, 0.1) is 17.2 Å². The maximum Gasteiger partial charge on any atom is 0.272 e. The van der Waals surface area contributed by atoms with E-state index in [9.17, 15) is 14.4 Å². The van der Waals surface area contributed by atoms with E-state index < -0.39 is 6.61 Å². The molecule has 10 heteroatoms. The molecular formula is C27H34N4O5S. The van der Waals surface area contributed by atoms with E-state index in [4.69, 9.17) is 9.84 Å². The number of aliphatic hydroxyl groups excluding tert-OH is 1. The number of fused-ring (bicyclic) bond motifs is 1. The van der Waals surface area contributed by atoms with E-state index in [1.165, 1.54) is 11.3 Å². The number of ether oxygens (including phenoxy) is 1. The predicted octanol–water partition coefficient (Wildman–Crippen LogP) is 3.55. The number of thiophene rings is 1. The van der Waals surface area contributed by atoms with Crippen LogP contribution in [-0.4, -0.2) is 64.1 Å². The maximum absolute atomic E-state index is 13.5. The smallest absolute Gasteiger partial charge is 0.272 e. The molecule has 4 rings (SSSR count). The van der Waals surface area contributed by atoms with Gasteiger partial charge in [0.15, 0.2) is 11.4 Å². The van der Waals surface area contributed by atoms with E-state index in [0.29, 0.717) is 55.0 Å². The van der Waals surface area contributed by atoms with Gasteiger partial charge in [-0.25, -0.2) is 0 Å². The summed E-state index contributed by atoms with van der Waals surface area (Å²) in [5, 5.41) is 19.7. The lowest BCUT2D eigenvalue weighted by atomic mass is 10.0. The Kier molecular flexibility index (Phi) is 8.19. The molecule has 2 aromatic heterocycles. The molecule has 3 N–H and O–H groups in total. The van der Waals surface area contributed by atoms with Gasteiger partial charge in [0.1, 0.15) is 6.61 Å². The molecule has 1 fully saturated rings. The van der Waals surface area contributed by atoms with Gasteiger partial charge in [-0.2, -0.15) is 11.3 Å². The molecule has 198 valence electrons. The lowest BCUT2D eigenvalue weighted by Crippen LogP contribution is -2.47. The summed E-state index contributed by atoms with van der Waals surface area (Å²) in [7, 11) is 1.84. The molecule has 0 atom stereocenters. The molecule has 37 heavy (non-hydrogen) atoms. The SMILES string of the molecule is CCc1cc2c(cc1NC(=O)c1ccsc1)c(OC(C)C)c(C(=O)NC1CCN(C(=O)CO)CC1)n2C. The number of aliphatic hydroxyl groups is 1. The Balaban J connectivity index is 1.66. The van der Waals surface area contributed by atoms with Crippen LogP contribution in [0.1, 0.15) is 60.0 Å². The van der Waals surface area contributed by atoms with Gasteiger partial charge < -0.3 is 29.9 Å². The fraction of sp³-hybridized carbons (Fsp3) is 0.444. The summed E-state index contributed by atoms with van der Waals surface area (Å²) in [5.41, 5.74) is 3.51. The summed E-state index contributed by atoms with van der Waals surface area (Å²) >= 11 is 1.47. The van der Waals surface area contributed by atoms with E-state index in [2.05, 4.69) is 10.6 Å². The monoisotopic (exact) mass is 526 g/mol. The molecule has 3 aromatic rings. The van der Waals surface area contributed by atoms with Gasteiger partial charge in [-0.3, -0.25) is 14.4 Å². The second-order valence-electron chi connectivity index (χ2n) is 9.54. The van der Waals surface area contributed by atoms with E-state index >= 15 is 0 Å². The highest BCUT2D eigenvalue weighted by Crippen LogP contribution is 2.37. The molecule has 0 saturated carbocycles. The molecule has 0 aliphatic carbocycles. The molecule has 9 nitrogen and oxygen atoms in total. The summed E-state index contributed by atoms with van der Waals surface area (Å²) in [6.45, 7) is 6.32. The number of carbonyl (C=O) groups is 3. The Morgan fingerprint density at radius 1 is 1.19 bits per heavy atom. The summed E-state index contributed by atoms with van der Waals surface area (Å²) in [6.07, 6.45) is 1.76. The zero-order chi connectivity index (χ0) is 26.7. The van der Waals surface area contributed by atoms with Crippen LogP contribution in [0.3, 0.4) is 0 Å². The van der Waals surface area contributed by atoms with Crippen molar-refractivity contribution in [3.05, 3.63) is 45.8 Å². The molecule has 0 radical (unpaired) electrons. The number of aryl methyl sites for hydroxylation is 2. The number of likely N-dealkylation sites (tertiary alicyclic amines) is 1. The van der Waals surface area contributed by atoms with Gasteiger partial charge in [0.2, 0.25) is 5.91 Å². The summed E-state index contributed by atoms with van der Waals surface area (Å²) in [4.78, 5) is 39.7. The van der Waals surface area contributed by atoms with Crippen molar-refractivity contribution in [2.75, 3.05) is 25.0 Å². The third-order valence-corrected chi connectivity index (χ3v) is 7.36. The van der Waals surface area contributed by atoms with Gasteiger partial charge in [-0.1, -0.05) is 6.92 Å². The molecule has 1 saturated heterocycles. The Hall–Kier alpha value is -3.37. The zero-order valence-corrected chi connectivity index (χ0v) is 22.5. The van der Waals surface area contributed by atoms with Gasteiger partial charge >= 0.3 is 0 Å². The lowest BCUT2D eigenvalue weighted by Gasteiger charge is -2.32. The first-order chi connectivity index (χ1) is 17.7. The number of hydrogen-bond donors (Lipinski definition) is 3. The number of rotatable bonds is 8. The van der Waals surface area contributed by atoms with Gasteiger partial charge in [0, 0.05) is 42.6 Å². The highest BCUT2D eigenvalue weighted by molar-refractivity contribution is 7.08. The third-order valence-electron chi connectivity index (χ3n) is 6.68. The second kappa shape index (κ2) is 11.4. The van der Waals surface area contributed by atoms with Crippen molar-refractivity contribution in [2.45, 2.75) is 52.2 Å². The average molecular weight is 527 g/mol. The van der Waals surface area contributed by atoms with Crippen molar-refractivity contribution in [3.8, 4) is 5.75 Å². The number of nitrogens with one attached hydrogen (secondary N) is 2. The molecule has 1 aliphatic rings. The molecule has 0 unspecified atom stereocenters. The fourth-order valence-electron chi connectivity index (χ4n) is 4.73. The number of carbonyl (C=O) groups excluding carboxylic acids is 3. The van der Waals surface area contributed by atoms with E-state index in [1.54, 1.807) is 11.0 Å². The van der Waals surface area contributed by atoms with Crippen molar-refractivity contribution in [3.63, 3.8) is 0 Å². The number of nitrogens with zero attached hydrogens (tertiary/aromatic N) is 2. The number of aromatic nitrogens is 1. The summed E-state index contributed by atoms with van der Waals surface area (Å²) in [5.74, 6) is -0.240. The summed E-state index contributed by atoms with van der Waals surface area (Å²) < 4.78 is 8.03. The topological polar surface area (TPSA) is 113 Å². The van der Waals surface area contributed by atoms with Crippen molar-refractivity contribution >= 4 is 45.6 Å². The van der Waals surface area contributed by atoms with Crippen LogP contribution in [0.2, 0.25) is 0 Å². The minimum absolute atomic E-state index is 0.0909. The van der Waals surface area contributed by atoms with Crippen molar-refractivity contribution in [1.29, 1.82) is 0 Å². The number of piperidine rings is 1. The molecule has 1 aliphatic heterocycles. The van der Waals surface area contributed by atoms with Crippen LogP contribution >= 0.6 is 11.3 Å². The largest absolute Gasteiger partial charge is 0.488 e. The first kappa shape index (κ1) is 26.7. The van der Waals surface area contributed by atoms with Crippen molar-refractivity contribution in [2.24, 2.45) is 7.05 Å². The standard InChI is InChI=1S/C27H34N4O5S/c1-5-17-12-22-20(13-21(17)29-26(34)18-8-11-37-15-18)25(36-16(2)3)24(30(22)4)27(35)28-19-6-9-31(10-7-19)23(33)14-32/h8,11-13,15-16,19,32H,5-7,9-10,14H2,1-4H3,(H,28,35)(H,29,34). The Labute approximate surface area is 220 Å². The van der Waals surface area contributed by atoms with Crippen LogP contribution in [0.4, 0.5) is 5.69 Å². The van der Waals surface area contributed by atoms with Gasteiger partial charge in [-0.05, 0) is 62.3 Å². The van der Waals surface area contributed by atoms with Crippen LogP contribution in [0.25, 0.3) is 10.9 Å². The Bertz CT molecular complexity index is 1290. The van der Waals surface area contributed by atoms with E-state index in [-0.39, 0.29) is 29.9 Å². The number of anilines is 1. The normalized spacial score (nSPS) is 14.3. The number of amides is 3. The molecule has 0 spiro atoms. The minimum Gasteiger partial charge on any atom is -0.488 e.